The summed E-state index contributed by atoms with van der Waals surface area (Å²) in [4.78, 5) is 7.13. The maximum atomic E-state index is 4.68. The van der Waals surface area contributed by atoms with Crippen LogP contribution in [0.25, 0.3) is 0 Å². The quantitative estimate of drug-likeness (QED) is 0.690. The fourth-order valence-corrected chi connectivity index (χ4v) is 3.57. The number of aromatic nitrogens is 1. The van der Waals surface area contributed by atoms with Gasteiger partial charge in [-0.2, -0.15) is 0 Å². The molecule has 2 aromatic carbocycles. The molecule has 2 nitrogen and oxygen atoms in total. The molecule has 2 heterocycles. The Balaban J connectivity index is 1.88. The summed E-state index contributed by atoms with van der Waals surface area (Å²) in [7, 11) is 0. The summed E-state index contributed by atoms with van der Waals surface area (Å²) < 4.78 is 0. The van der Waals surface area contributed by atoms with Crippen LogP contribution >= 0.6 is 0 Å². The van der Waals surface area contributed by atoms with Gasteiger partial charge in [0.05, 0.1) is 6.04 Å². The molecular formula is C21H20N2. The van der Waals surface area contributed by atoms with Gasteiger partial charge in [0.15, 0.2) is 0 Å². The first-order chi connectivity index (χ1) is 11.3. The second-order valence-corrected chi connectivity index (χ2v) is 6.10. The van der Waals surface area contributed by atoms with Crippen LogP contribution in [-0.4, -0.2) is 11.5 Å². The lowest BCUT2D eigenvalue weighted by atomic mass is 9.88. The summed E-state index contributed by atoms with van der Waals surface area (Å²) in [5.41, 5.74) is 5.40. The van der Waals surface area contributed by atoms with E-state index in [2.05, 4.69) is 77.5 Å². The van der Waals surface area contributed by atoms with Crippen LogP contribution in [0.3, 0.4) is 0 Å². The average molecular weight is 300 g/mol. The van der Waals surface area contributed by atoms with E-state index in [4.69, 9.17) is 0 Å². The molecule has 0 bridgehead atoms. The normalized spacial score (nSPS) is 16.9. The minimum atomic E-state index is 0.231. The van der Waals surface area contributed by atoms with Crippen LogP contribution in [0.1, 0.15) is 28.3 Å². The summed E-state index contributed by atoms with van der Waals surface area (Å²) in [6, 6.07) is 23.9. The third kappa shape index (κ3) is 2.50. The standard InChI is InChI=1S/C21H20N2/c1-16-8-7-14-22-21(16)23-15-13-17-9-5-6-12-19(17)20(23)18-10-3-2-4-11-18/h2-12,14,20H,13,15H2,1H3. The van der Waals surface area contributed by atoms with Gasteiger partial charge in [-0.15, -0.1) is 0 Å². The predicted molar refractivity (Wildman–Crippen MR) is 94.8 cm³/mol. The topological polar surface area (TPSA) is 16.1 Å². The molecule has 0 saturated carbocycles. The summed E-state index contributed by atoms with van der Waals surface area (Å²) in [5, 5.41) is 0. The van der Waals surface area contributed by atoms with Gasteiger partial charge in [0, 0.05) is 12.7 Å². The number of hydrogen-bond acceptors (Lipinski definition) is 2. The lowest BCUT2D eigenvalue weighted by Gasteiger charge is -2.39. The van der Waals surface area contributed by atoms with E-state index >= 15 is 0 Å². The molecule has 4 rings (SSSR count). The molecular weight excluding hydrogens is 280 g/mol. The molecule has 0 N–H and O–H groups in total. The summed E-state index contributed by atoms with van der Waals surface area (Å²) in [6.45, 7) is 3.14. The van der Waals surface area contributed by atoms with E-state index in [1.54, 1.807) is 0 Å². The van der Waals surface area contributed by atoms with Crippen molar-refractivity contribution in [1.82, 2.24) is 4.98 Å². The molecule has 0 fully saturated rings. The highest BCUT2D eigenvalue weighted by Gasteiger charge is 2.29. The third-order valence-corrected chi connectivity index (χ3v) is 4.65. The Hall–Kier alpha value is -2.61. The fraction of sp³-hybridized carbons (Fsp3) is 0.190. The van der Waals surface area contributed by atoms with Crippen molar-refractivity contribution in [2.75, 3.05) is 11.4 Å². The highest BCUT2D eigenvalue weighted by atomic mass is 15.2. The number of nitrogens with zero attached hydrogens (tertiary/aromatic N) is 2. The number of benzene rings is 2. The molecule has 0 radical (unpaired) electrons. The maximum Gasteiger partial charge on any atom is 0.132 e. The number of anilines is 1. The van der Waals surface area contributed by atoms with Crippen molar-refractivity contribution in [1.29, 1.82) is 0 Å². The van der Waals surface area contributed by atoms with E-state index < -0.39 is 0 Å². The van der Waals surface area contributed by atoms with Crippen LogP contribution in [0.2, 0.25) is 0 Å². The van der Waals surface area contributed by atoms with Crippen molar-refractivity contribution in [3.05, 3.63) is 95.2 Å². The lowest BCUT2D eigenvalue weighted by Crippen LogP contribution is -2.37. The number of rotatable bonds is 2. The van der Waals surface area contributed by atoms with Crippen molar-refractivity contribution in [2.24, 2.45) is 0 Å². The molecule has 1 aliphatic heterocycles. The van der Waals surface area contributed by atoms with Gasteiger partial charge >= 0.3 is 0 Å². The largest absolute Gasteiger partial charge is 0.345 e. The first-order valence-corrected chi connectivity index (χ1v) is 8.15. The molecule has 0 aliphatic carbocycles. The third-order valence-electron chi connectivity index (χ3n) is 4.65. The van der Waals surface area contributed by atoms with Gasteiger partial charge in [0.2, 0.25) is 0 Å². The first-order valence-electron chi connectivity index (χ1n) is 8.15. The zero-order valence-corrected chi connectivity index (χ0v) is 13.3. The average Bonchev–Trinajstić information content (AvgIpc) is 2.62. The van der Waals surface area contributed by atoms with Gasteiger partial charge < -0.3 is 4.90 Å². The van der Waals surface area contributed by atoms with E-state index in [1.165, 1.54) is 22.3 Å². The minimum Gasteiger partial charge on any atom is -0.345 e. The van der Waals surface area contributed by atoms with E-state index in [1.807, 2.05) is 12.3 Å². The van der Waals surface area contributed by atoms with Crippen molar-refractivity contribution in [3.8, 4) is 0 Å². The Kier molecular flexibility index (Phi) is 3.58. The Bertz CT molecular complexity index is 811. The van der Waals surface area contributed by atoms with Crippen LogP contribution in [-0.2, 0) is 6.42 Å². The number of pyridine rings is 1. The first kappa shape index (κ1) is 14.0. The van der Waals surface area contributed by atoms with Crippen LogP contribution in [0.15, 0.2) is 72.9 Å². The second-order valence-electron chi connectivity index (χ2n) is 6.10. The SMILES string of the molecule is Cc1cccnc1N1CCc2ccccc2C1c1ccccc1. The molecule has 2 heteroatoms. The van der Waals surface area contributed by atoms with Gasteiger partial charge in [-0.1, -0.05) is 60.7 Å². The summed E-state index contributed by atoms with van der Waals surface area (Å²) in [6.07, 6.45) is 2.96. The Labute approximate surface area is 137 Å². The number of aryl methyl sites for hydroxylation is 1. The highest BCUT2D eigenvalue weighted by Crippen LogP contribution is 2.38. The Morgan fingerprint density at radius 3 is 2.52 bits per heavy atom. The van der Waals surface area contributed by atoms with Crippen LogP contribution in [0, 0.1) is 6.92 Å². The second kappa shape index (κ2) is 5.88. The van der Waals surface area contributed by atoms with Crippen molar-refractivity contribution in [2.45, 2.75) is 19.4 Å². The molecule has 0 spiro atoms. The van der Waals surface area contributed by atoms with Crippen molar-refractivity contribution < 1.29 is 0 Å². The van der Waals surface area contributed by atoms with E-state index in [9.17, 15) is 0 Å². The number of hydrogen-bond donors (Lipinski definition) is 0. The van der Waals surface area contributed by atoms with Crippen molar-refractivity contribution in [3.63, 3.8) is 0 Å². The molecule has 0 saturated heterocycles. The minimum absolute atomic E-state index is 0.231. The summed E-state index contributed by atoms with van der Waals surface area (Å²) in [5.74, 6) is 1.09. The van der Waals surface area contributed by atoms with E-state index in [0.29, 0.717) is 0 Å². The molecule has 1 aromatic heterocycles. The lowest BCUT2D eigenvalue weighted by molar-refractivity contribution is 0.643. The van der Waals surface area contributed by atoms with Gasteiger partial charge in [-0.05, 0) is 41.7 Å². The molecule has 114 valence electrons. The van der Waals surface area contributed by atoms with Gasteiger partial charge in [-0.25, -0.2) is 4.98 Å². The monoisotopic (exact) mass is 300 g/mol. The van der Waals surface area contributed by atoms with E-state index in [-0.39, 0.29) is 6.04 Å². The predicted octanol–water partition coefficient (Wildman–Crippen LogP) is 4.54. The van der Waals surface area contributed by atoms with Crippen LogP contribution in [0.4, 0.5) is 5.82 Å². The van der Waals surface area contributed by atoms with Crippen LogP contribution < -0.4 is 4.90 Å². The molecule has 0 amide bonds. The van der Waals surface area contributed by atoms with Crippen LogP contribution in [0.5, 0.6) is 0 Å². The molecule has 1 aliphatic rings. The molecule has 3 aromatic rings. The van der Waals surface area contributed by atoms with Gasteiger partial charge in [-0.3, -0.25) is 0 Å². The highest BCUT2D eigenvalue weighted by molar-refractivity contribution is 5.55. The Morgan fingerprint density at radius 1 is 0.913 bits per heavy atom. The Morgan fingerprint density at radius 2 is 1.70 bits per heavy atom. The maximum absolute atomic E-state index is 4.68. The van der Waals surface area contributed by atoms with Gasteiger partial charge in [0.25, 0.3) is 0 Å². The smallest absolute Gasteiger partial charge is 0.132 e. The molecule has 1 atom stereocenters. The molecule has 23 heavy (non-hydrogen) atoms. The van der Waals surface area contributed by atoms with Gasteiger partial charge in [0.1, 0.15) is 5.82 Å². The fourth-order valence-electron chi connectivity index (χ4n) is 3.57. The van der Waals surface area contributed by atoms with Crippen molar-refractivity contribution >= 4 is 5.82 Å². The molecule has 1 unspecified atom stereocenters. The number of fused-ring (bicyclic) bond motifs is 1. The van der Waals surface area contributed by atoms with E-state index in [0.717, 1.165) is 18.8 Å². The zero-order chi connectivity index (χ0) is 15.6. The zero-order valence-electron chi connectivity index (χ0n) is 13.3. The summed E-state index contributed by atoms with van der Waals surface area (Å²) >= 11 is 0.